The van der Waals surface area contributed by atoms with Crippen LogP contribution in [-0.2, 0) is 0 Å². The molecular weight excluding hydrogens is 709 g/mol. The molecule has 8 nitrogen and oxygen atoms in total. The molecule has 0 spiro atoms. The second kappa shape index (κ2) is 13.8. The van der Waals surface area contributed by atoms with Crippen LogP contribution in [0, 0.1) is 0 Å². The Morgan fingerprint density at radius 3 is 2.20 bits per heavy atom. The number of benzene rings is 4. The van der Waals surface area contributed by atoms with Crippen LogP contribution in [-0.4, -0.2) is 40.0 Å². The highest BCUT2D eigenvalue weighted by molar-refractivity contribution is 7.18. The standard InChI is InChI=1S/C47H32N8S/c1-3-12-39(32-13-10-25-48-28-32)50-30(2)54-41-20-6-4-15-34(41)36-17-8-18-37(45(36)54)47-53-52-46(56-47)31-23-24-43-38(27-31)35-16-5-7-21-42(35)55(43)44-22-9-19-40(51-44)33-14-11-26-49-29-33/h3-29H,2H2,1H3/b12-3-,50-39?. The smallest absolute Gasteiger partial charge is 0.150 e. The van der Waals surface area contributed by atoms with Gasteiger partial charge in [-0.1, -0.05) is 78.6 Å². The van der Waals surface area contributed by atoms with Gasteiger partial charge in [0.2, 0.25) is 0 Å². The summed E-state index contributed by atoms with van der Waals surface area (Å²) in [6.45, 7) is 6.49. The third kappa shape index (κ3) is 5.61. The third-order valence-electron chi connectivity index (χ3n) is 9.98. The summed E-state index contributed by atoms with van der Waals surface area (Å²) in [5.41, 5.74) is 9.63. The van der Waals surface area contributed by atoms with Gasteiger partial charge in [0.25, 0.3) is 0 Å². The van der Waals surface area contributed by atoms with Crippen LogP contribution < -0.4 is 0 Å². The molecule has 56 heavy (non-hydrogen) atoms. The number of fused-ring (bicyclic) bond motifs is 6. The number of hydrogen-bond acceptors (Lipinski definition) is 7. The number of nitrogens with zero attached hydrogens (tertiary/aromatic N) is 8. The van der Waals surface area contributed by atoms with E-state index in [1.807, 2.05) is 73.9 Å². The Morgan fingerprint density at radius 2 is 1.39 bits per heavy atom. The van der Waals surface area contributed by atoms with Crippen LogP contribution in [0.2, 0.25) is 0 Å². The lowest BCUT2D eigenvalue weighted by Gasteiger charge is -2.11. The highest BCUT2D eigenvalue weighted by Crippen LogP contribution is 2.41. The van der Waals surface area contributed by atoms with Crippen LogP contribution in [0.1, 0.15) is 12.5 Å². The van der Waals surface area contributed by atoms with E-state index in [1.165, 1.54) is 0 Å². The highest BCUT2D eigenvalue weighted by Gasteiger charge is 2.21. The summed E-state index contributed by atoms with van der Waals surface area (Å²) in [4.78, 5) is 18.8. The van der Waals surface area contributed by atoms with E-state index in [2.05, 4.69) is 111 Å². The lowest BCUT2D eigenvalue weighted by Crippen LogP contribution is -2.02. The van der Waals surface area contributed by atoms with Crippen LogP contribution in [0.15, 0.2) is 176 Å². The van der Waals surface area contributed by atoms with Crippen molar-refractivity contribution >= 4 is 66.5 Å². The maximum Gasteiger partial charge on any atom is 0.150 e. The molecule has 0 amide bonds. The summed E-state index contributed by atoms with van der Waals surface area (Å²) < 4.78 is 4.37. The topological polar surface area (TPSA) is 86.7 Å². The monoisotopic (exact) mass is 740 g/mol. The Kier molecular flexibility index (Phi) is 8.19. The van der Waals surface area contributed by atoms with Gasteiger partial charge in [-0.3, -0.25) is 19.1 Å². The van der Waals surface area contributed by atoms with Crippen molar-refractivity contribution in [2.75, 3.05) is 0 Å². The van der Waals surface area contributed by atoms with Gasteiger partial charge in [0.05, 0.1) is 33.5 Å². The van der Waals surface area contributed by atoms with Gasteiger partial charge in [0.15, 0.2) is 0 Å². The number of rotatable bonds is 8. The molecule has 0 saturated carbocycles. The molecule has 10 aromatic rings. The first-order chi connectivity index (χ1) is 27.7. The van der Waals surface area contributed by atoms with E-state index in [9.17, 15) is 0 Å². The van der Waals surface area contributed by atoms with E-state index in [0.29, 0.717) is 5.82 Å². The first kappa shape index (κ1) is 33.2. The van der Waals surface area contributed by atoms with Gasteiger partial charge in [0.1, 0.15) is 21.7 Å². The molecule has 9 heteroatoms. The fourth-order valence-electron chi connectivity index (χ4n) is 7.54. The molecule has 0 aliphatic carbocycles. The molecule has 0 fully saturated rings. The molecule has 6 heterocycles. The van der Waals surface area contributed by atoms with E-state index in [-0.39, 0.29) is 0 Å². The van der Waals surface area contributed by atoms with Crippen molar-refractivity contribution in [1.29, 1.82) is 0 Å². The molecule has 4 aromatic carbocycles. The second-order valence-corrected chi connectivity index (χ2v) is 14.3. The van der Waals surface area contributed by atoms with Crippen molar-refractivity contribution in [2.24, 2.45) is 4.99 Å². The Hall–Kier alpha value is -7.36. The average molecular weight is 741 g/mol. The summed E-state index contributed by atoms with van der Waals surface area (Å²) in [6.07, 6.45) is 11.2. The zero-order valence-electron chi connectivity index (χ0n) is 30.3. The van der Waals surface area contributed by atoms with Gasteiger partial charge in [-0.05, 0) is 85.8 Å². The van der Waals surface area contributed by atoms with Gasteiger partial charge < -0.3 is 0 Å². The minimum Gasteiger partial charge on any atom is -0.294 e. The van der Waals surface area contributed by atoms with Crippen LogP contribution in [0.25, 0.3) is 87.7 Å². The summed E-state index contributed by atoms with van der Waals surface area (Å²) in [7, 11) is 0. The Labute approximate surface area is 326 Å². The number of hydrogen-bond donors (Lipinski definition) is 0. The molecule has 0 atom stereocenters. The number of pyridine rings is 3. The van der Waals surface area contributed by atoms with Gasteiger partial charge in [0, 0.05) is 68.6 Å². The van der Waals surface area contributed by atoms with E-state index >= 15 is 0 Å². The van der Waals surface area contributed by atoms with E-state index in [4.69, 9.17) is 20.2 Å². The molecule has 0 aliphatic heterocycles. The van der Waals surface area contributed by atoms with Crippen molar-refractivity contribution in [2.45, 2.75) is 6.92 Å². The van der Waals surface area contributed by atoms with Crippen LogP contribution >= 0.6 is 11.3 Å². The number of allylic oxidation sites excluding steroid dienone is 2. The summed E-state index contributed by atoms with van der Waals surface area (Å²) in [5, 5.41) is 15.7. The quantitative estimate of drug-likeness (QED) is 0.145. The first-order valence-electron chi connectivity index (χ1n) is 18.2. The van der Waals surface area contributed by atoms with Gasteiger partial charge >= 0.3 is 0 Å². The van der Waals surface area contributed by atoms with Crippen LogP contribution in [0.5, 0.6) is 0 Å². The Bertz CT molecular complexity index is 3170. The minimum absolute atomic E-state index is 0.590. The normalized spacial score (nSPS) is 12.1. The molecular formula is C47H32N8S. The lowest BCUT2D eigenvalue weighted by atomic mass is 10.1. The Morgan fingerprint density at radius 1 is 0.661 bits per heavy atom. The first-order valence-corrected chi connectivity index (χ1v) is 19.1. The predicted octanol–water partition coefficient (Wildman–Crippen LogP) is 11.4. The number of para-hydroxylation sites is 3. The summed E-state index contributed by atoms with van der Waals surface area (Å²) in [6, 6.07) is 43.7. The maximum absolute atomic E-state index is 5.08. The molecule has 0 aliphatic rings. The molecule has 266 valence electrons. The molecule has 0 saturated heterocycles. The predicted molar refractivity (Wildman–Crippen MR) is 230 cm³/mol. The maximum atomic E-state index is 5.08. The fraction of sp³-hybridized carbons (Fsp3) is 0.0213. The second-order valence-electron chi connectivity index (χ2n) is 13.3. The van der Waals surface area contributed by atoms with E-state index in [1.54, 1.807) is 23.7 Å². The van der Waals surface area contributed by atoms with Gasteiger partial charge in [-0.15, -0.1) is 10.2 Å². The van der Waals surface area contributed by atoms with Crippen LogP contribution in [0.3, 0.4) is 0 Å². The largest absolute Gasteiger partial charge is 0.294 e. The number of aromatic nitrogens is 7. The van der Waals surface area contributed by atoms with E-state index < -0.39 is 0 Å². The van der Waals surface area contributed by atoms with Crippen molar-refractivity contribution in [3.63, 3.8) is 0 Å². The fourth-order valence-corrected chi connectivity index (χ4v) is 8.41. The zero-order valence-corrected chi connectivity index (χ0v) is 31.1. The molecule has 6 aromatic heterocycles. The SMILES string of the molecule is C=C(N=C(/C=C\C)c1cccnc1)n1c2ccccc2c2cccc(-c3nnc(-c4ccc5c(c4)c4ccccc4n5-c4cccc(-c5cccnc5)n4)s3)c21. The van der Waals surface area contributed by atoms with Crippen molar-refractivity contribution in [3.05, 3.63) is 176 Å². The van der Waals surface area contributed by atoms with Crippen LogP contribution in [0.4, 0.5) is 0 Å². The Balaban J connectivity index is 1.09. The van der Waals surface area contributed by atoms with Crippen molar-refractivity contribution in [3.8, 4) is 38.2 Å². The molecule has 0 unspecified atom stereocenters. The third-order valence-corrected chi connectivity index (χ3v) is 11.0. The van der Waals surface area contributed by atoms with Gasteiger partial charge in [-0.25, -0.2) is 9.98 Å². The van der Waals surface area contributed by atoms with E-state index in [0.717, 1.165) is 93.1 Å². The molecule has 0 N–H and O–H groups in total. The molecule has 0 bridgehead atoms. The zero-order chi connectivity index (χ0) is 37.6. The minimum atomic E-state index is 0.590. The van der Waals surface area contributed by atoms with Gasteiger partial charge in [-0.2, -0.15) is 0 Å². The number of aliphatic imine (C=N–C) groups is 1. The molecule has 10 rings (SSSR count). The lowest BCUT2D eigenvalue weighted by molar-refractivity contribution is 1.08. The summed E-state index contributed by atoms with van der Waals surface area (Å²) >= 11 is 1.57. The van der Waals surface area contributed by atoms with Crippen molar-refractivity contribution < 1.29 is 0 Å². The average Bonchev–Trinajstić information content (AvgIpc) is 3.97. The van der Waals surface area contributed by atoms with Crippen molar-refractivity contribution in [1.82, 2.24) is 34.3 Å². The highest BCUT2D eigenvalue weighted by atomic mass is 32.1. The summed E-state index contributed by atoms with van der Waals surface area (Å²) in [5.74, 6) is 1.43. The molecule has 0 radical (unpaired) electrons.